The zero-order chi connectivity index (χ0) is 12.0. The van der Waals surface area contributed by atoms with Crippen LogP contribution in [-0.4, -0.2) is 24.5 Å². The first kappa shape index (κ1) is 13.0. The fourth-order valence-electron chi connectivity index (χ4n) is 1.77. The maximum Gasteiger partial charge on any atom is 0.308 e. The van der Waals surface area contributed by atoms with Crippen LogP contribution < -0.4 is 5.32 Å². The SMILES string of the molecule is C[C@@H]1COC(=O)[C@H](C)CCCCCC(=O)N1. The van der Waals surface area contributed by atoms with Crippen LogP contribution in [0.5, 0.6) is 0 Å². The molecule has 0 unspecified atom stereocenters. The first-order valence-electron chi connectivity index (χ1n) is 6.05. The maximum absolute atomic E-state index is 11.5. The Labute approximate surface area is 96.7 Å². The fraction of sp³-hybridized carbons (Fsp3) is 0.833. The zero-order valence-corrected chi connectivity index (χ0v) is 10.1. The number of nitrogens with one attached hydrogen (secondary N) is 1. The van der Waals surface area contributed by atoms with Crippen molar-refractivity contribution in [2.45, 2.75) is 52.0 Å². The highest BCUT2D eigenvalue weighted by molar-refractivity contribution is 5.76. The van der Waals surface area contributed by atoms with Crippen molar-refractivity contribution >= 4 is 11.9 Å². The van der Waals surface area contributed by atoms with Gasteiger partial charge in [0, 0.05) is 6.42 Å². The number of hydrogen-bond acceptors (Lipinski definition) is 3. The van der Waals surface area contributed by atoms with E-state index < -0.39 is 0 Å². The molecule has 4 nitrogen and oxygen atoms in total. The van der Waals surface area contributed by atoms with E-state index in [1.165, 1.54) is 0 Å². The summed E-state index contributed by atoms with van der Waals surface area (Å²) in [5.41, 5.74) is 0. The van der Waals surface area contributed by atoms with Gasteiger partial charge in [-0.2, -0.15) is 0 Å². The molecule has 92 valence electrons. The molecule has 0 saturated carbocycles. The van der Waals surface area contributed by atoms with Gasteiger partial charge in [-0.3, -0.25) is 9.59 Å². The molecule has 0 bridgehead atoms. The maximum atomic E-state index is 11.5. The predicted molar refractivity (Wildman–Crippen MR) is 60.8 cm³/mol. The Bertz CT molecular complexity index is 253. The number of amides is 1. The topological polar surface area (TPSA) is 55.4 Å². The highest BCUT2D eigenvalue weighted by Gasteiger charge is 2.17. The van der Waals surface area contributed by atoms with Gasteiger partial charge in [0.2, 0.25) is 5.91 Å². The monoisotopic (exact) mass is 227 g/mol. The van der Waals surface area contributed by atoms with Crippen molar-refractivity contribution in [1.82, 2.24) is 5.32 Å². The Hall–Kier alpha value is -1.06. The molecule has 1 rings (SSSR count). The molecule has 0 spiro atoms. The van der Waals surface area contributed by atoms with Gasteiger partial charge in [-0.05, 0) is 19.8 Å². The molecule has 1 heterocycles. The molecule has 1 aliphatic rings. The molecule has 1 fully saturated rings. The number of esters is 1. The highest BCUT2D eigenvalue weighted by atomic mass is 16.5. The van der Waals surface area contributed by atoms with Gasteiger partial charge in [0.1, 0.15) is 6.61 Å². The molecule has 0 aromatic heterocycles. The van der Waals surface area contributed by atoms with Crippen molar-refractivity contribution in [3.8, 4) is 0 Å². The first-order valence-corrected chi connectivity index (χ1v) is 6.05. The Kier molecular flexibility index (Phi) is 5.29. The van der Waals surface area contributed by atoms with Crippen LogP contribution in [0.2, 0.25) is 0 Å². The summed E-state index contributed by atoms with van der Waals surface area (Å²) in [6.07, 6.45) is 4.32. The van der Waals surface area contributed by atoms with Crippen LogP contribution >= 0.6 is 0 Å². The number of ether oxygens (including phenoxy) is 1. The second-order valence-corrected chi connectivity index (χ2v) is 4.60. The Morgan fingerprint density at radius 3 is 2.69 bits per heavy atom. The molecule has 1 amide bonds. The van der Waals surface area contributed by atoms with Crippen molar-refractivity contribution < 1.29 is 14.3 Å². The normalized spacial score (nSPS) is 29.6. The largest absolute Gasteiger partial charge is 0.463 e. The highest BCUT2D eigenvalue weighted by Crippen LogP contribution is 2.13. The predicted octanol–water partition coefficient (Wildman–Crippen LogP) is 1.63. The third-order valence-electron chi connectivity index (χ3n) is 2.83. The second-order valence-electron chi connectivity index (χ2n) is 4.60. The number of rotatable bonds is 0. The Morgan fingerprint density at radius 1 is 1.19 bits per heavy atom. The number of hydrogen-bond donors (Lipinski definition) is 1. The molecular weight excluding hydrogens is 206 g/mol. The third-order valence-corrected chi connectivity index (χ3v) is 2.83. The quantitative estimate of drug-likeness (QED) is 0.640. The lowest BCUT2D eigenvalue weighted by Gasteiger charge is -2.17. The smallest absolute Gasteiger partial charge is 0.308 e. The summed E-state index contributed by atoms with van der Waals surface area (Å²) in [5.74, 6) is -0.124. The molecule has 1 saturated heterocycles. The minimum absolute atomic E-state index is 0.0256. The van der Waals surface area contributed by atoms with E-state index in [1.54, 1.807) is 0 Å². The molecule has 16 heavy (non-hydrogen) atoms. The number of carbonyl (C=O) groups is 2. The van der Waals surface area contributed by atoms with Crippen LogP contribution in [0.4, 0.5) is 0 Å². The van der Waals surface area contributed by atoms with Gasteiger partial charge in [-0.15, -0.1) is 0 Å². The van der Waals surface area contributed by atoms with E-state index in [-0.39, 0.29) is 30.4 Å². The summed E-state index contributed by atoms with van der Waals surface area (Å²) >= 11 is 0. The number of carbonyl (C=O) groups excluding carboxylic acids is 2. The van der Waals surface area contributed by atoms with Crippen molar-refractivity contribution in [3.05, 3.63) is 0 Å². The van der Waals surface area contributed by atoms with Gasteiger partial charge in [-0.25, -0.2) is 0 Å². The molecule has 0 aliphatic carbocycles. The molecule has 1 N–H and O–H groups in total. The summed E-state index contributed by atoms with van der Waals surface area (Å²) in [4.78, 5) is 22.9. The molecule has 1 aliphatic heterocycles. The lowest BCUT2D eigenvalue weighted by atomic mass is 10.0. The second kappa shape index (κ2) is 6.51. The van der Waals surface area contributed by atoms with Crippen molar-refractivity contribution in [2.24, 2.45) is 5.92 Å². The van der Waals surface area contributed by atoms with Gasteiger partial charge >= 0.3 is 5.97 Å². The van der Waals surface area contributed by atoms with E-state index in [0.29, 0.717) is 6.42 Å². The van der Waals surface area contributed by atoms with E-state index in [9.17, 15) is 9.59 Å². The van der Waals surface area contributed by atoms with Gasteiger partial charge in [0.05, 0.1) is 12.0 Å². The summed E-state index contributed by atoms with van der Waals surface area (Å²) in [5, 5.41) is 2.82. The molecule has 2 atom stereocenters. The standard InChI is InChI=1S/C12H21NO3/c1-9-6-4-3-5-7-11(14)13-10(2)8-16-12(9)15/h9-10H,3-8H2,1-2H3,(H,13,14)/t9-,10-/m1/s1. The van der Waals surface area contributed by atoms with Crippen molar-refractivity contribution in [1.29, 1.82) is 0 Å². The van der Waals surface area contributed by atoms with Gasteiger partial charge < -0.3 is 10.1 Å². The van der Waals surface area contributed by atoms with Crippen LogP contribution in [0.25, 0.3) is 0 Å². The average Bonchev–Trinajstić information content (AvgIpc) is 2.23. The van der Waals surface area contributed by atoms with Crippen LogP contribution in [-0.2, 0) is 14.3 Å². The Balaban J connectivity index is 2.47. The zero-order valence-electron chi connectivity index (χ0n) is 10.1. The molecule has 0 aromatic carbocycles. The molecule has 4 heteroatoms. The first-order chi connectivity index (χ1) is 7.59. The van der Waals surface area contributed by atoms with E-state index in [2.05, 4.69) is 5.32 Å². The van der Waals surface area contributed by atoms with E-state index in [1.807, 2.05) is 13.8 Å². The lowest BCUT2D eigenvalue weighted by molar-refractivity contribution is -0.149. The molecule has 0 aromatic rings. The van der Waals surface area contributed by atoms with Crippen LogP contribution in [0.15, 0.2) is 0 Å². The van der Waals surface area contributed by atoms with E-state index in [0.717, 1.165) is 25.7 Å². The minimum Gasteiger partial charge on any atom is -0.463 e. The molecular formula is C12H21NO3. The van der Waals surface area contributed by atoms with Gasteiger partial charge in [-0.1, -0.05) is 19.8 Å². The van der Waals surface area contributed by atoms with Crippen molar-refractivity contribution in [3.63, 3.8) is 0 Å². The lowest BCUT2D eigenvalue weighted by Crippen LogP contribution is -2.37. The third kappa shape index (κ3) is 4.64. The van der Waals surface area contributed by atoms with Crippen molar-refractivity contribution in [2.75, 3.05) is 6.61 Å². The number of cyclic esters (lactones) is 1. The Morgan fingerprint density at radius 2 is 1.94 bits per heavy atom. The summed E-state index contributed by atoms with van der Waals surface area (Å²) in [6.45, 7) is 4.02. The van der Waals surface area contributed by atoms with E-state index >= 15 is 0 Å². The average molecular weight is 227 g/mol. The van der Waals surface area contributed by atoms with Crippen LogP contribution in [0, 0.1) is 5.92 Å². The van der Waals surface area contributed by atoms with Crippen LogP contribution in [0.3, 0.4) is 0 Å². The fourth-order valence-corrected chi connectivity index (χ4v) is 1.77. The molecule has 0 radical (unpaired) electrons. The summed E-state index contributed by atoms with van der Waals surface area (Å²) in [7, 11) is 0. The van der Waals surface area contributed by atoms with Crippen LogP contribution in [0.1, 0.15) is 46.0 Å². The van der Waals surface area contributed by atoms with E-state index in [4.69, 9.17) is 4.74 Å². The summed E-state index contributed by atoms with van der Waals surface area (Å²) in [6, 6.07) is -0.0944. The summed E-state index contributed by atoms with van der Waals surface area (Å²) < 4.78 is 5.13. The minimum atomic E-state index is -0.151. The van der Waals surface area contributed by atoms with Gasteiger partial charge in [0.25, 0.3) is 0 Å². The van der Waals surface area contributed by atoms with Gasteiger partial charge in [0.15, 0.2) is 0 Å².